The van der Waals surface area contributed by atoms with Crippen molar-refractivity contribution in [3.63, 3.8) is 0 Å². The molecule has 188 valence electrons. The van der Waals surface area contributed by atoms with Crippen molar-refractivity contribution in [1.29, 1.82) is 5.41 Å². The summed E-state index contributed by atoms with van der Waals surface area (Å²) in [6, 6.07) is 3.01. The second kappa shape index (κ2) is 9.04. The molecule has 2 aromatic rings. The van der Waals surface area contributed by atoms with Gasteiger partial charge in [0.25, 0.3) is 5.91 Å². The number of nitrogens with two attached hydrogens (primary N) is 2. The van der Waals surface area contributed by atoms with Crippen molar-refractivity contribution < 1.29 is 9.18 Å². The number of hydrogen-bond donors (Lipinski definition) is 6. The van der Waals surface area contributed by atoms with E-state index < -0.39 is 11.7 Å². The molecule has 0 spiro atoms. The molecule has 35 heavy (non-hydrogen) atoms. The molecule has 1 aromatic heterocycles. The van der Waals surface area contributed by atoms with Crippen LogP contribution in [0.15, 0.2) is 18.3 Å². The third kappa shape index (κ3) is 5.68. The zero-order valence-corrected chi connectivity index (χ0v) is 20.6. The molecule has 0 atom stereocenters. The standard InChI is InChI=1S/C24H34FN9O/c1-23(2)9-14(10-24(3,4)33-23)30-21-16(20(27)35)11-29-22(32-21)31-18-8-19(34(28)12-26)15(7-17(18)25)13-5-6-13/h7-8,11-14,26,33H,5-6,9-10,28H2,1-4H3,(H2,27,35)(H2,29,30,31,32). The maximum atomic E-state index is 15.0. The number of piperidine rings is 1. The second-order valence-corrected chi connectivity index (χ2v) is 10.8. The molecule has 2 heterocycles. The second-order valence-electron chi connectivity index (χ2n) is 10.8. The average molecular weight is 484 g/mol. The Hall–Kier alpha value is -3.31. The van der Waals surface area contributed by atoms with Gasteiger partial charge < -0.3 is 21.7 Å². The third-order valence-electron chi connectivity index (χ3n) is 6.38. The van der Waals surface area contributed by atoms with E-state index in [0.717, 1.165) is 42.6 Å². The smallest absolute Gasteiger partial charge is 0.254 e. The quantitative estimate of drug-likeness (QED) is 0.144. The summed E-state index contributed by atoms with van der Waals surface area (Å²) in [5, 5.41) is 18.5. The van der Waals surface area contributed by atoms with Crippen molar-refractivity contribution >= 4 is 35.4 Å². The van der Waals surface area contributed by atoms with E-state index in [1.165, 1.54) is 12.3 Å². The SMILES string of the molecule is CC1(C)CC(Nc2nc(Nc3cc(N(N)C=N)c(C4CC4)cc3F)ncc2C(N)=O)CC(C)(C)N1. The first-order chi connectivity index (χ1) is 16.4. The van der Waals surface area contributed by atoms with Crippen LogP contribution in [0, 0.1) is 11.2 Å². The topological polar surface area (TPSA) is 158 Å². The Bertz CT molecular complexity index is 1130. The molecule has 1 aliphatic heterocycles. The fourth-order valence-electron chi connectivity index (χ4n) is 5.16. The number of carbonyl (C=O) groups is 1. The van der Waals surface area contributed by atoms with Gasteiger partial charge in [-0.1, -0.05) is 0 Å². The van der Waals surface area contributed by atoms with E-state index in [4.69, 9.17) is 17.0 Å². The van der Waals surface area contributed by atoms with Crippen LogP contribution >= 0.6 is 0 Å². The summed E-state index contributed by atoms with van der Waals surface area (Å²) in [6.07, 6.45) is 5.84. The summed E-state index contributed by atoms with van der Waals surface area (Å²) < 4.78 is 15.0. The minimum Gasteiger partial charge on any atom is -0.366 e. The number of aromatic nitrogens is 2. The number of nitrogens with zero attached hydrogens (tertiary/aromatic N) is 3. The molecule has 1 aliphatic carbocycles. The van der Waals surface area contributed by atoms with Crippen molar-refractivity contribution in [2.24, 2.45) is 11.6 Å². The largest absolute Gasteiger partial charge is 0.366 e. The number of nitrogens with one attached hydrogen (secondary N) is 4. The van der Waals surface area contributed by atoms with Crippen LogP contribution in [-0.2, 0) is 0 Å². The number of anilines is 4. The van der Waals surface area contributed by atoms with E-state index in [2.05, 4.69) is 53.6 Å². The number of amides is 1. The Kier molecular flexibility index (Phi) is 6.41. The summed E-state index contributed by atoms with van der Waals surface area (Å²) in [4.78, 5) is 20.7. The Morgan fingerprint density at radius 1 is 1.26 bits per heavy atom. The Balaban J connectivity index is 1.64. The fraction of sp³-hybridized carbons (Fsp3) is 0.500. The molecule has 8 N–H and O–H groups in total. The van der Waals surface area contributed by atoms with E-state index >= 15 is 0 Å². The van der Waals surface area contributed by atoms with Gasteiger partial charge in [0.15, 0.2) is 0 Å². The van der Waals surface area contributed by atoms with Crippen LogP contribution in [0.4, 0.5) is 27.5 Å². The number of benzene rings is 1. The Labute approximate surface area is 204 Å². The Morgan fingerprint density at radius 2 is 1.91 bits per heavy atom. The number of primary amides is 1. The molecule has 4 rings (SSSR count). The van der Waals surface area contributed by atoms with Gasteiger partial charge in [-0.2, -0.15) is 4.98 Å². The number of halogens is 1. The molecule has 2 aliphatic rings. The molecule has 0 unspecified atom stereocenters. The van der Waals surface area contributed by atoms with Crippen molar-refractivity contribution in [3.05, 3.63) is 35.3 Å². The van der Waals surface area contributed by atoms with E-state index in [-0.39, 0.29) is 40.2 Å². The van der Waals surface area contributed by atoms with Crippen LogP contribution in [0.1, 0.15) is 75.2 Å². The van der Waals surface area contributed by atoms with Gasteiger partial charge in [-0.3, -0.25) is 15.2 Å². The number of rotatable bonds is 8. The molecule has 10 nitrogen and oxygen atoms in total. The predicted molar refractivity (Wildman–Crippen MR) is 136 cm³/mol. The lowest BCUT2D eigenvalue weighted by Gasteiger charge is -2.46. The average Bonchev–Trinajstić information content (AvgIpc) is 3.57. The molecule has 1 amide bonds. The normalized spacial score (nSPS) is 19.1. The van der Waals surface area contributed by atoms with Crippen LogP contribution in [0.25, 0.3) is 0 Å². The molecular formula is C24H34FN9O. The molecule has 11 heteroatoms. The van der Waals surface area contributed by atoms with Crippen molar-refractivity contribution in [2.75, 3.05) is 15.6 Å². The van der Waals surface area contributed by atoms with E-state index in [0.29, 0.717) is 11.5 Å². The van der Waals surface area contributed by atoms with Crippen LogP contribution in [0.2, 0.25) is 0 Å². The minimum absolute atomic E-state index is 0.0293. The molecule has 1 aromatic carbocycles. The van der Waals surface area contributed by atoms with Crippen molar-refractivity contribution in [1.82, 2.24) is 15.3 Å². The summed E-state index contributed by atoms with van der Waals surface area (Å²) in [7, 11) is 0. The van der Waals surface area contributed by atoms with Gasteiger partial charge in [-0.15, -0.1) is 0 Å². The first-order valence-corrected chi connectivity index (χ1v) is 11.8. The monoisotopic (exact) mass is 483 g/mol. The number of carbonyl (C=O) groups excluding carboxylic acids is 1. The van der Waals surface area contributed by atoms with Gasteiger partial charge in [0.1, 0.15) is 18.0 Å². The molecule has 0 bridgehead atoms. The summed E-state index contributed by atoms with van der Waals surface area (Å²) in [6.45, 7) is 8.52. The van der Waals surface area contributed by atoms with Crippen molar-refractivity contribution in [2.45, 2.75) is 76.4 Å². The first-order valence-electron chi connectivity index (χ1n) is 11.8. The summed E-state index contributed by atoms with van der Waals surface area (Å²) >= 11 is 0. The number of hydrazine groups is 1. The van der Waals surface area contributed by atoms with Gasteiger partial charge in [0.2, 0.25) is 5.95 Å². The first kappa shape index (κ1) is 24.8. The zero-order valence-electron chi connectivity index (χ0n) is 20.6. The third-order valence-corrected chi connectivity index (χ3v) is 6.38. The highest BCUT2D eigenvalue weighted by molar-refractivity contribution is 5.97. The van der Waals surface area contributed by atoms with E-state index in [9.17, 15) is 9.18 Å². The molecule has 1 saturated heterocycles. The van der Waals surface area contributed by atoms with Gasteiger partial charge in [0.05, 0.1) is 16.9 Å². The lowest BCUT2D eigenvalue weighted by Crippen LogP contribution is -2.60. The van der Waals surface area contributed by atoms with Crippen molar-refractivity contribution in [3.8, 4) is 0 Å². The van der Waals surface area contributed by atoms with Gasteiger partial charge in [0, 0.05) is 23.3 Å². The zero-order chi connectivity index (χ0) is 25.5. The van der Waals surface area contributed by atoms with E-state index in [1.54, 1.807) is 6.07 Å². The van der Waals surface area contributed by atoms with E-state index in [1.807, 2.05) is 0 Å². The number of hydrogen-bond acceptors (Lipinski definition) is 8. The predicted octanol–water partition coefficient (Wildman–Crippen LogP) is 3.34. The van der Waals surface area contributed by atoms with Gasteiger partial charge >= 0.3 is 0 Å². The summed E-state index contributed by atoms with van der Waals surface area (Å²) in [5.41, 5.74) is 6.92. The lowest BCUT2D eigenvalue weighted by molar-refractivity contribution is 0.100. The lowest BCUT2D eigenvalue weighted by atomic mass is 9.79. The molecular weight excluding hydrogens is 449 g/mol. The molecule has 1 saturated carbocycles. The maximum Gasteiger partial charge on any atom is 0.254 e. The maximum absolute atomic E-state index is 15.0. The fourth-order valence-corrected chi connectivity index (χ4v) is 5.16. The van der Waals surface area contributed by atoms with Crippen LogP contribution in [0.3, 0.4) is 0 Å². The summed E-state index contributed by atoms with van der Waals surface area (Å²) in [5.74, 6) is 5.44. The van der Waals surface area contributed by atoms with Gasteiger partial charge in [-0.05, 0) is 77.0 Å². The van der Waals surface area contributed by atoms with Crippen LogP contribution < -0.4 is 32.5 Å². The Morgan fingerprint density at radius 3 is 2.49 bits per heavy atom. The van der Waals surface area contributed by atoms with Crippen LogP contribution in [-0.4, -0.2) is 39.3 Å². The highest BCUT2D eigenvalue weighted by Gasteiger charge is 2.38. The van der Waals surface area contributed by atoms with Gasteiger partial charge in [-0.25, -0.2) is 15.2 Å². The van der Waals surface area contributed by atoms with Crippen LogP contribution in [0.5, 0.6) is 0 Å². The molecule has 2 fully saturated rings. The highest BCUT2D eigenvalue weighted by Crippen LogP contribution is 2.45. The molecule has 0 radical (unpaired) electrons. The minimum atomic E-state index is -0.654. The highest BCUT2D eigenvalue weighted by atomic mass is 19.1.